The highest BCUT2D eigenvalue weighted by atomic mass is 16.5. The second-order valence-corrected chi connectivity index (χ2v) is 7.88. The molecule has 34 heavy (non-hydrogen) atoms. The molecule has 0 unspecified atom stereocenters. The number of pyridine rings is 1. The quantitative estimate of drug-likeness (QED) is 0.308. The monoisotopic (exact) mass is 449 g/mol. The number of rotatable bonds is 6. The Hall–Kier alpha value is -4.45. The number of nitrogens with zero attached hydrogens (tertiary/aromatic N) is 3. The molecule has 2 aromatic heterocycles. The van der Waals surface area contributed by atoms with E-state index in [1.807, 2.05) is 91.9 Å². The van der Waals surface area contributed by atoms with Gasteiger partial charge in [0.25, 0.3) is 0 Å². The van der Waals surface area contributed by atoms with E-state index in [-0.39, 0.29) is 6.61 Å². The molecule has 6 heteroatoms. The van der Waals surface area contributed by atoms with Crippen molar-refractivity contribution in [1.29, 1.82) is 0 Å². The topological polar surface area (TPSA) is 66.2 Å². The molecule has 168 valence electrons. The number of para-hydroxylation sites is 1. The standard InChI is InChI=1S/C28H23N3O3/c1-19-26-24(28(32)34-18-20-9-5-3-6-10-20)17-25(21-13-15-23(33-2)16-14-21)29-27(26)31(30-19)22-11-7-4-8-12-22/h3-17H,18H2,1-2H3. The van der Waals surface area contributed by atoms with Crippen molar-refractivity contribution in [3.05, 3.63) is 108 Å². The van der Waals surface area contributed by atoms with Gasteiger partial charge in [0.1, 0.15) is 12.4 Å². The third-order valence-corrected chi connectivity index (χ3v) is 5.63. The van der Waals surface area contributed by atoms with Crippen LogP contribution in [0.1, 0.15) is 21.6 Å². The number of fused-ring (bicyclic) bond motifs is 1. The van der Waals surface area contributed by atoms with Crippen molar-refractivity contribution in [3.8, 4) is 22.7 Å². The highest BCUT2D eigenvalue weighted by Gasteiger charge is 2.22. The van der Waals surface area contributed by atoms with E-state index < -0.39 is 5.97 Å². The first-order chi connectivity index (χ1) is 16.6. The molecule has 0 N–H and O–H groups in total. The molecular formula is C28H23N3O3. The zero-order valence-electron chi connectivity index (χ0n) is 18.9. The number of aryl methyl sites for hydroxylation is 1. The van der Waals surface area contributed by atoms with Crippen molar-refractivity contribution in [2.75, 3.05) is 7.11 Å². The lowest BCUT2D eigenvalue weighted by Crippen LogP contribution is -2.08. The van der Waals surface area contributed by atoms with Crippen LogP contribution in [0.2, 0.25) is 0 Å². The number of benzene rings is 3. The lowest BCUT2D eigenvalue weighted by molar-refractivity contribution is 0.0475. The van der Waals surface area contributed by atoms with E-state index in [1.54, 1.807) is 17.9 Å². The van der Waals surface area contributed by atoms with Crippen LogP contribution >= 0.6 is 0 Å². The molecule has 5 rings (SSSR count). The number of aromatic nitrogens is 3. The smallest absolute Gasteiger partial charge is 0.339 e. The Morgan fingerprint density at radius 1 is 0.912 bits per heavy atom. The molecule has 0 spiro atoms. The Morgan fingerprint density at radius 3 is 2.26 bits per heavy atom. The van der Waals surface area contributed by atoms with Gasteiger partial charge in [0.2, 0.25) is 0 Å². The number of carbonyl (C=O) groups is 1. The Bertz CT molecular complexity index is 1440. The molecule has 3 aromatic carbocycles. The molecule has 0 radical (unpaired) electrons. The van der Waals surface area contributed by atoms with Gasteiger partial charge in [-0.1, -0.05) is 48.5 Å². The Labute approximate surface area is 197 Å². The molecule has 0 bridgehead atoms. The summed E-state index contributed by atoms with van der Waals surface area (Å²) >= 11 is 0. The fourth-order valence-corrected chi connectivity index (χ4v) is 3.91. The van der Waals surface area contributed by atoms with Gasteiger partial charge >= 0.3 is 5.97 Å². The second-order valence-electron chi connectivity index (χ2n) is 7.88. The largest absolute Gasteiger partial charge is 0.497 e. The predicted molar refractivity (Wildman–Crippen MR) is 131 cm³/mol. The number of hydrogen-bond acceptors (Lipinski definition) is 5. The first-order valence-corrected chi connectivity index (χ1v) is 11.0. The summed E-state index contributed by atoms with van der Waals surface area (Å²) < 4.78 is 12.7. The van der Waals surface area contributed by atoms with Crippen LogP contribution in [0.25, 0.3) is 28.0 Å². The average Bonchev–Trinajstić information content (AvgIpc) is 3.24. The minimum Gasteiger partial charge on any atom is -0.497 e. The fourth-order valence-electron chi connectivity index (χ4n) is 3.91. The lowest BCUT2D eigenvalue weighted by Gasteiger charge is -2.10. The van der Waals surface area contributed by atoms with Crippen LogP contribution in [-0.2, 0) is 11.3 Å². The van der Waals surface area contributed by atoms with Gasteiger partial charge in [0, 0.05) is 5.56 Å². The molecule has 5 aromatic rings. The van der Waals surface area contributed by atoms with E-state index in [9.17, 15) is 4.79 Å². The van der Waals surface area contributed by atoms with E-state index in [0.29, 0.717) is 28.0 Å². The molecule has 2 heterocycles. The molecule has 0 saturated carbocycles. The van der Waals surface area contributed by atoms with Gasteiger partial charge in [0.05, 0.1) is 35.1 Å². The molecule has 0 saturated heterocycles. The van der Waals surface area contributed by atoms with Gasteiger partial charge in [0.15, 0.2) is 5.65 Å². The maximum atomic E-state index is 13.3. The fraction of sp³-hybridized carbons (Fsp3) is 0.107. The van der Waals surface area contributed by atoms with Crippen LogP contribution in [-0.4, -0.2) is 27.8 Å². The van der Waals surface area contributed by atoms with Crippen molar-refractivity contribution >= 4 is 17.0 Å². The molecule has 0 fully saturated rings. The van der Waals surface area contributed by atoms with Crippen molar-refractivity contribution in [1.82, 2.24) is 14.8 Å². The van der Waals surface area contributed by atoms with Crippen molar-refractivity contribution in [2.24, 2.45) is 0 Å². The summed E-state index contributed by atoms with van der Waals surface area (Å²) in [7, 11) is 1.63. The zero-order chi connectivity index (χ0) is 23.5. The average molecular weight is 450 g/mol. The van der Waals surface area contributed by atoms with E-state index in [1.165, 1.54) is 0 Å². The van der Waals surface area contributed by atoms with E-state index in [4.69, 9.17) is 19.6 Å². The minimum atomic E-state index is -0.415. The Balaban J connectivity index is 1.64. The van der Waals surface area contributed by atoms with Crippen molar-refractivity contribution < 1.29 is 14.3 Å². The summed E-state index contributed by atoms with van der Waals surface area (Å²) in [4.78, 5) is 18.2. The number of methoxy groups -OCH3 is 1. The first kappa shape index (κ1) is 21.4. The Kier molecular flexibility index (Phi) is 5.79. The number of esters is 1. The summed E-state index contributed by atoms with van der Waals surface area (Å²) in [6.07, 6.45) is 0. The van der Waals surface area contributed by atoms with Gasteiger partial charge in [-0.05, 0) is 55.0 Å². The zero-order valence-corrected chi connectivity index (χ0v) is 18.9. The molecule has 0 atom stereocenters. The maximum Gasteiger partial charge on any atom is 0.339 e. The summed E-state index contributed by atoms with van der Waals surface area (Å²) in [5.74, 6) is 0.333. The predicted octanol–water partition coefficient (Wildman–Crippen LogP) is 5.76. The molecular weight excluding hydrogens is 426 g/mol. The maximum absolute atomic E-state index is 13.3. The molecule has 6 nitrogen and oxygen atoms in total. The summed E-state index contributed by atoms with van der Waals surface area (Å²) in [6.45, 7) is 2.07. The van der Waals surface area contributed by atoms with E-state index >= 15 is 0 Å². The van der Waals surface area contributed by atoms with Gasteiger partial charge in [-0.15, -0.1) is 0 Å². The number of hydrogen-bond donors (Lipinski definition) is 0. The van der Waals surface area contributed by atoms with Crippen LogP contribution in [0.4, 0.5) is 0 Å². The second kappa shape index (κ2) is 9.19. The van der Waals surface area contributed by atoms with Crippen molar-refractivity contribution in [3.63, 3.8) is 0 Å². The molecule has 0 aliphatic carbocycles. The van der Waals surface area contributed by atoms with Crippen LogP contribution < -0.4 is 4.74 Å². The van der Waals surface area contributed by atoms with Crippen LogP contribution in [0.5, 0.6) is 5.75 Å². The minimum absolute atomic E-state index is 0.188. The highest BCUT2D eigenvalue weighted by molar-refractivity contribution is 6.05. The highest BCUT2D eigenvalue weighted by Crippen LogP contribution is 2.30. The number of carbonyl (C=O) groups excluding carboxylic acids is 1. The van der Waals surface area contributed by atoms with Gasteiger partial charge in [-0.3, -0.25) is 0 Å². The Morgan fingerprint density at radius 2 is 1.59 bits per heavy atom. The van der Waals surface area contributed by atoms with Gasteiger partial charge < -0.3 is 9.47 Å². The van der Waals surface area contributed by atoms with Crippen molar-refractivity contribution in [2.45, 2.75) is 13.5 Å². The van der Waals surface area contributed by atoms with Crippen LogP contribution in [0.15, 0.2) is 91.0 Å². The summed E-state index contributed by atoms with van der Waals surface area (Å²) in [6, 6.07) is 28.7. The molecule has 0 aliphatic heterocycles. The first-order valence-electron chi connectivity index (χ1n) is 11.0. The van der Waals surface area contributed by atoms with Crippen LogP contribution in [0.3, 0.4) is 0 Å². The number of ether oxygens (including phenoxy) is 2. The summed E-state index contributed by atoms with van der Waals surface area (Å²) in [5, 5.41) is 5.39. The third-order valence-electron chi connectivity index (χ3n) is 5.63. The molecule has 0 aliphatic rings. The van der Waals surface area contributed by atoms with E-state index in [2.05, 4.69) is 0 Å². The normalized spacial score (nSPS) is 10.9. The SMILES string of the molecule is COc1ccc(-c2cc(C(=O)OCc3ccccc3)c3c(C)nn(-c4ccccc4)c3n2)cc1. The lowest BCUT2D eigenvalue weighted by atomic mass is 10.1. The van der Waals surface area contributed by atoms with Gasteiger partial charge in [-0.2, -0.15) is 5.10 Å². The van der Waals surface area contributed by atoms with Crippen LogP contribution in [0, 0.1) is 6.92 Å². The third kappa shape index (κ3) is 4.13. The van der Waals surface area contributed by atoms with E-state index in [0.717, 1.165) is 22.6 Å². The summed E-state index contributed by atoms with van der Waals surface area (Å²) in [5.41, 5.74) is 5.04. The molecule has 0 amide bonds. The van der Waals surface area contributed by atoms with Gasteiger partial charge in [-0.25, -0.2) is 14.5 Å².